The van der Waals surface area contributed by atoms with E-state index in [1.165, 1.54) is 0 Å². The number of hydrogen-bond donors (Lipinski definition) is 0. The second-order valence-electron chi connectivity index (χ2n) is 4.67. The van der Waals surface area contributed by atoms with Crippen LogP contribution in [0.5, 0.6) is 0 Å². The van der Waals surface area contributed by atoms with Crippen LogP contribution >= 0.6 is 15.9 Å². The van der Waals surface area contributed by atoms with Crippen LogP contribution in [0.4, 0.5) is 0 Å². The van der Waals surface area contributed by atoms with Crippen LogP contribution in [0.1, 0.15) is 27.4 Å². The zero-order chi connectivity index (χ0) is 13.4. The summed E-state index contributed by atoms with van der Waals surface area (Å²) in [5, 5.41) is 0. The number of Topliss-reactive ketones (excluding diaryl/α,β-unsaturated/α-hetero) is 2. The van der Waals surface area contributed by atoms with Gasteiger partial charge in [-0.2, -0.15) is 0 Å². The van der Waals surface area contributed by atoms with Crippen molar-refractivity contribution in [1.29, 1.82) is 0 Å². The Labute approximate surface area is 119 Å². The molecular weight excluding hydrogens is 304 g/mol. The predicted molar refractivity (Wildman–Crippen MR) is 76.4 cm³/mol. The standard InChI is InChI=1S/C16H11BrO2/c17-11-6-7-12-13(8-10-4-2-1-3-5-10)15(18)16(19)14(12)9-11/h1-7,9,13H,8H2. The molecule has 0 bridgehead atoms. The molecular formula is C16H11BrO2. The lowest BCUT2D eigenvalue weighted by Crippen LogP contribution is -2.14. The second kappa shape index (κ2) is 4.74. The van der Waals surface area contributed by atoms with Gasteiger partial charge in [-0.15, -0.1) is 0 Å². The summed E-state index contributed by atoms with van der Waals surface area (Å²) in [6.45, 7) is 0. The first-order valence-electron chi connectivity index (χ1n) is 6.09. The molecule has 0 saturated carbocycles. The molecule has 1 unspecified atom stereocenters. The van der Waals surface area contributed by atoms with Crippen molar-refractivity contribution in [1.82, 2.24) is 0 Å². The zero-order valence-corrected chi connectivity index (χ0v) is 11.7. The van der Waals surface area contributed by atoms with E-state index < -0.39 is 0 Å². The molecule has 1 aliphatic carbocycles. The molecule has 1 aliphatic rings. The third-order valence-electron chi connectivity index (χ3n) is 3.46. The van der Waals surface area contributed by atoms with E-state index in [9.17, 15) is 9.59 Å². The molecule has 0 spiro atoms. The predicted octanol–water partition coefficient (Wildman–Crippen LogP) is 3.54. The summed E-state index contributed by atoms with van der Waals surface area (Å²) in [6.07, 6.45) is 0.583. The van der Waals surface area contributed by atoms with Crippen molar-refractivity contribution in [3.63, 3.8) is 0 Å². The third kappa shape index (κ3) is 2.15. The quantitative estimate of drug-likeness (QED) is 0.794. The van der Waals surface area contributed by atoms with Gasteiger partial charge in [0.15, 0.2) is 0 Å². The van der Waals surface area contributed by atoms with E-state index in [0.29, 0.717) is 12.0 Å². The average Bonchev–Trinajstić information content (AvgIpc) is 2.65. The van der Waals surface area contributed by atoms with E-state index in [4.69, 9.17) is 0 Å². The number of carbonyl (C=O) groups is 2. The maximum Gasteiger partial charge on any atom is 0.229 e. The van der Waals surface area contributed by atoms with Gasteiger partial charge in [0.05, 0.1) is 5.92 Å². The van der Waals surface area contributed by atoms with E-state index >= 15 is 0 Å². The maximum absolute atomic E-state index is 12.1. The molecule has 0 heterocycles. The molecule has 0 aromatic heterocycles. The Morgan fingerprint density at radius 2 is 1.74 bits per heavy atom. The van der Waals surface area contributed by atoms with Crippen molar-refractivity contribution < 1.29 is 9.59 Å². The minimum absolute atomic E-state index is 0.294. The van der Waals surface area contributed by atoms with Gasteiger partial charge in [0.2, 0.25) is 11.6 Å². The van der Waals surface area contributed by atoms with Gasteiger partial charge in [-0.05, 0) is 29.7 Å². The van der Waals surface area contributed by atoms with Crippen molar-refractivity contribution in [2.24, 2.45) is 0 Å². The van der Waals surface area contributed by atoms with Gasteiger partial charge in [-0.3, -0.25) is 9.59 Å². The molecule has 2 aromatic carbocycles. The number of halogens is 1. The van der Waals surface area contributed by atoms with Crippen molar-refractivity contribution in [2.45, 2.75) is 12.3 Å². The Kier molecular flexibility index (Phi) is 3.07. The van der Waals surface area contributed by atoms with Crippen LogP contribution in [0.2, 0.25) is 0 Å². The Bertz CT molecular complexity index is 662. The summed E-state index contributed by atoms with van der Waals surface area (Å²) >= 11 is 3.34. The fourth-order valence-electron chi connectivity index (χ4n) is 2.51. The van der Waals surface area contributed by atoms with Crippen molar-refractivity contribution in [3.8, 4) is 0 Å². The summed E-state index contributed by atoms with van der Waals surface area (Å²) in [5.41, 5.74) is 2.46. The van der Waals surface area contributed by atoms with Crippen LogP contribution in [0.15, 0.2) is 53.0 Å². The van der Waals surface area contributed by atoms with Gasteiger partial charge in [-0.25, -0.2) is 0 Å². The van der Waals surface area contributed by atoms with Gasteiger partial charge in [0, 0.05) is 10.0 Å². The summed E-state index contributed by atoms with van der Waals surface area (Å²) in [6, 6.07) is 15.3. The van der Waals surface area contributed by atoms with Crippen molar-refractivity contribution >= 4 is 27.5 Å². The molecule has 0 N–H and O–H groups in total. The molecule has 3 heteroatoms. The molecule has 94 valence electrons. The van der Waals surface area contributed by atoms with Crippen LogP contribution in [0, 0.1) is 0 Å². The minimum Gasteiger partial charge on any atom is -0.290 e. The molecule has 0 amide bonds. The average molecular weight is 315 g/mol. The topological polar surface area (TPSA) is 34.1 Å². The first-order valence-corrected chi connectivity index (χ1v) is 6.88. The van der Waals surface area contributed by atoms with Crippen LogP contribution in [-0.4, -0.2) is 11.6 Å². The summed E-state index contributed by atoms with van der Waals surface area (Å²) < 4.78 is 0.827. The number of benzene rings is 2. The van der Waals surface area contributed by atoms with Crippen LogP contribution < -0.4 is 0 Å². The highest BCUT2D eigenvalue weighted by molar-refractivity contribution is 9.10. The summed E-state index contributed by atoms with van der Waals surface area (Å²) in [5.74, 6) is -0.993. The molecule has 2 aromatic rings. The highest BCUT2D eigenvalue weighted by Gasteiger charge is 2.37. The smallest absolute Gasteiger partial charge is 0.229 e. The molecule has 3 rings (SSSR count). The molecule has 19 heavy (non-hydrogen) atoms. The Morgan fingerprint density at radius 1 is 1.00 bits per heavy atom. The van der Waals surface area contributed by atoms with Gasteiger partial charge in [-0.1, -0.05) is 52.3 Å². The van der Waals surface area contributed by atoms with Crippen LogP contribution in [-0.2, 0) is 11.2 Å². The van der Waals surface area contributed by atoms with Gasteiger partial charge in [0.1, 0.15) is 0 Å². The third-order valence-corrected chi connectivity index (χ3v) is 3.95. The molecule has 0 radical (unpaired) electrons. The van der Waals surface area contributed by atoms with E-state index in [2.05, 4.69) is 15.9 Å². The minimum atomic E-state index is -0.364. The number of carbonyl (C=O) groups excluding carboxylic acids is 2. The monoisotopic (exact) mass is 314 g/mol. The fraction of sp³-hybridized carbons (Fsp3) is 0.125. The SMILES string of the molecule is O=C1C(=O)C(Cc2ccccc2)c2ccc(Br)cc21. The lowest BCUT2D eigenvalue weighted by atomic mass is 9.93. The number of hydrogen-bond acceptors (Lipinski definition) is 2. The lowest BCUT2D eigenvalue weighted by molar-refractivity contribution is -0.115. The second-order valence-corrected chi connectivity index (χ2v) is 5.58. The van der Waals surface area contributed by atoms with Crippen LogP contribution in [0.25, 0.3) is 0 Å². The van der Waals surface area contributed by atoms with E-state index in [1.807, 2.05) is 42.5 Å². The largest absolute Gasteiger partial charge is 0.290 e. The zero-order valence-electron chi connectivity index (χ0n) is 10.1. The Morgan fingerprint density at radius 3 is 2.47 bits per heavy atom. The van der Waals surface area contributed by atoms with Gasteiger partial charge >= 0.3 is 0 Å². The maximum atomic E-state index is 12.1. The van der Waals surface area contributed by atoms with Crippen molar-refractivity contribution in [2.75, 3.05) is 0 Å². The van der Waals surface area contributed by atoms with Crippen molar-refractivity contribution in [3.05, 3.63) is 69.7 Å². The number of rotatable bonds is 2. The Hall–Kier alpha value is -1.74. The number of ketones is 2. The summed E-state index contributed by atoms with van der Waals surface area (Å²) in [4.78, 5) is 24.1. The molecule has 2 nitrogen and oxygen atoms in total. The van der Waals surface area contributed by atoms with E-state index in [0.717, 1.165) is 15.6 Å². The van der Waals surface area contributed by atoms with E-state index in [-0.39, 0.29) is 17.5 Å². The lowest BCUT2D eigenvalue weighted by Gasteiger charge is -2.09. The molecule has 0 fully saturated rings. The van der Waals surface area contributed by atoms with E-state index in [1.54, 1.807) is 6.07 Å². The molecule has 0 aliphatic heterocycles. The first-order chi connectivity index (χ1) is 9.16. The van der Waals surface area contributed by atoms with Gasteiger partial charge < -0.3 is 0 Å². The van der Waals surface area contributed by atoms with Gasteiger partial charge in [0.25, 0.3) is 0 Å². The number of fused-ring (bicyclic) bond motifs is 1. The van der Waals surface area contributed by atoms with Crippen LogP contribution in [0.3, 0.4) is 0 Å². The molecule has 0 saturated heterocycles. The Balaban J connectivity index is 2.00. The highest BCUT2D eigenvalue weighted by Crippen LogP contribution is 2.34. The highest BCUT2D eigenvalue weighted by atomic mass is 79.9. The molecule has 1 atom stereocenters. The summed E-state index contributed by atoms with van der Waals surface area (Å²) in [7, 11) is 0. The first kappa shape index (κ1) is 12.3. The fourth-order valence-corrected chi connectivity index (χ4v) is 2.87. The normalized spacial score (nSPS) is 17.6.